The van der Waals surface area contributed by atoms with Gasteiger partial charge in [0.2, 0.25) is 5.91 Å². The molecule has 0 bridgehead atoms. The van der Waals surface area contributed by atoms with E-state index in [1.165, 1.54) is 23.5 Å². The smallest absolute Gasteiger partial charge is 0.264 e. The number of ketones is 1. The Morgan fingerprint density at radius 1 is 1.15 bits per heavy atom. The summed E-state index contributed by atoms with van der Waals surface area (Å²) in [6, 6.07) is 9.46. The lowest BCUT2D eigenvalue weighted by Crippen LogP contribution is -2.37. The Kier molecular flexibility index (Phi) is 3.73. The Morgan fingerprint density at radius 2 is 1.96 bits per heavy atom. The molecule has 0 unspecified atom stereocenters. The molecule has 0 saturated carbocycles. The molecule has 0 atom stereocenters. The molecule has 134 valence electrons. The molecule has 2 heterocycles. The quantitative estimate of drug-likeness (QED) is 0.889. The van der Waals surface area contributed by atoms with Gasteiger partial charge in [-0.15, -0.1) is 0 Å². The molecule has 8 heteroatoms. The van der Waals surface area contributed by atoms with Gasteiger partial charge in [-0.2, -0.15) is 0 Å². The number of anilines is 2. The first-order chi connectivity index (χ1) is 12.4. The number of carbonyl (C=O) groups is 2. The summed E-state index contributed by atoms with van der Waals surface area (Å²) < 4.78 is 33.0. The SMILES string of the molecule is COc1cccc2c1N(S(=O)(=O)c1ccc3c(c1)CC(=O)N3)CCC2=O. The molecule has 0 aliphatic carbocycles. The molecule has 0 aromatic heterocycles. The van der Waals surface area contributed by atoms with Crippen molar-refractivity contribution in [1.29, 1.82) is 0 Å². The summed E-state index contributed by atoms with van der Waals surface area (Å²) in [5.74, 6) is 0.0522. The van der Waals surface area contributed by atoms with Crippen molar-refractivity contribution in [2.75, 3.05) is 23.3 Å². The van der Waals surface area contributed by atoms with Crippen LogP contribution in [0.25, 0.3) is 0 Å². The van der Waals surface area contributed by atoms with E-state index in [2.05, 4.69) is 5.32 Å². The van der Waals surface area contributed by atoms with E-state index in [0.717, 1.165) is 0 Å². The van der Waals surface area contributed by atoms with Crippen molar-refractivity contribution < 1.29 is 22.7 Å². The van der Waals surface area contributed by atoms with Crippen LogP contribution in [0.2, 0.25) is 0 Å². The van der Waals surface area contributed by atoms with Crippen molar-refractivity contribution >= 4 is 33.1 Å². The Bertz CT molecular complexity index is 1050. The fourth-order valence-electron chi connectivity index (χ4n) is 3.35. The van der Waals surface area contributed by atoms with Gasteiger partial charge in [-0.3, -0.25) is 13.9 Å². The third-order valence-corrected chi connectivity index (χ3v) is 6.40. The summed E-state index contributed by atoms with van der Waals surface area (Å²) in [5, 5.41) is 2.68. The predicted molar refractivity (Wildman–Crippen MR) is 95.2 cm³/mol. The lowest BCUT2D eigenvalue weighted by Gasteiger charge is -2.31. The zero-order chi connectivity index (χ0) is 18.5. The van der Waals surface area contributed by atoms with Gasteiger partial charge in [0, 0.05) is 24.2 Å². The number of nitrogens with zero attached hydrogens (tertiary/aromatic N) is 1. The van der Waals surface area contributed by atoms with Crippen LogP contribution in [0.1, 0.15) is 22.3 Å². The van der Waals surface area contributed by atoms with Gasteiger partial charge >= 0.3 is 0 Å². The molecule has 0 spiro atoms. The van der Waals surface area contributed by atoms with Crippen molar-refractivity contribution in [3.05, 3.63) is 47.5 Å². The third-order valence-electron chi connectivity index (χ3n) is 4.60. The first kappa shape index (κ1) is 16.6. The second-order valence-electron chi connectivity index (χ2n) is 6.15. The highest BCUT2D eigenvalue weighted by Crippen LogP contribution is 2.39. The number of benzene rings is 2. The van der Waals surface area contributed by atoms with Crippen molar-refractivity contribution in [3.63, 3.8) is 0 Å². The van der Waals surface area contributed by atoms with Crippen LogP contribution in [0.5, 0.6) is 5.75 Å². The van der Waals surface area contributed by atoms with Gasteiger partial charge in [-0.1, -0.05) is 6.07 Å². The highest BCUT2D eigenvalue weighted by molar-refractivity contribution is 7.92. The van der Waals surface area contributed by atoms with Gasteiger partial charge in [0.25, 0.3) is 10.0 Å². The Morgan fingerprint density at radius 3 is 2.73 bits per heavy atom. The summed E-state index contributed by atoms with van der Waals surface area (Å²) in [7, 11) is -2.47. The third kappa shape index (κ3) is 2.45. The van der Waals surface area contributed by atoms with Crippen LogP contribution in [-0.4, -0.2) is 33.8 Å². The Hall–Kier alpha value is -2.87. The summed E-state index contributed by atoms with van der Waals surface area (Å²) in [6.07, 6.45) is 0.251. The highest BCUT2D eigenvalue weighted by atomic mass is 32.2. The standard InChI is InChI=1S/C18H16N2O5S/c1-25-16-4-2-3-13-15(21)7-8-20(18(13)16)26(23,24)12-5-6-14-11(9-12)10-17(22)19-14/h2-6,9H,7-8,10H2,1H3,(H,19,22). The minimum Gasteiger partial charge on any atom is -0.495 e. The molecule has 7 nitrogen and oxygen atoms in total. The van der Waals surface area contributed by atoms with Crippen LogP contribution in [0.15, 0.2) is 41.3 Å². The molecule has 0 fully saturated rings. The molecule has 1 N–H and O–H groups in total. The fraction of sp³-hybridized carbons (Fsp3) is 0.222. The number of Topliss-reactive ketones (excluding diaryl/α,β-unsaturated/α-hetero) is 1. The van der Waals surface area contributed by atoms with Crippen LogP contribution in [0.3, 0.4) is 0 Å². The number of hydrogen-bond acceptors (Lipinski definition) is 5. The second kappa shape index (κ2) is 5.84. The minimum absolute atomic E-state index is 0.0444. The summed E-state index contributed by atoms with van der Waals surface area (Å²) in [6.45, 7) is 0.0444. The van der Waals surface area contributed by atoms with Crippen LogP contribution >= 0.6 is 0 Å². The maximum absolute atomic E-state index is 13.3. The molecule has 2 aliphatic rings. The van der Waals surface area contributed by atoms with Gasteiger partial charge in [-0.25, -0.2) is 8.42 Å². The van der Waals surface area contributed by atoms with Crippen molar-refractivity contribution in [1.82, 2.24) is 0 Å². The van der Waals surface area contributed by atoms with E-state index in [0.29, 0.717) is 22.6 Å². The van der Waals surface area contributed by atoms with E-state index < -0.39 is 10.0 Å². The number of amides is 1. The van der Waals surface area contributed by atoms with Crippen LogP contribution in [0, 0.1) is 0 Å². The number of para-hydroxylation sites is 1. The van der Waals surface area contributed by atoms with E-state index in [1.807, 2.05) is 0 Å². The number of nitrogens with one attached hydrogen (secondary N) is 1. The van der Waals surface area contributed by atoms with E-state index in [4.69, 9.17) is 4.74 Å². The van der Waals surface area contributed by atoms with Crippen molar-refractivity contribution in [2.45, 2.75) is 17.7 Å². The predicted octanol–water partition coefficient (Wildman–Crippen LogP) is 1.97. The first-order valence-electron chi connectivity index (χ1n) is 8.07. The normalized spacial score (nSPS) is 16.1. The molecule has 26 heavy (non-hydrogen) atoms. The fourth-order valence-corrected chi connectivity index (χ4v) is 4.90. The number of hydrogen-bond donors (Lipinski definition) is 1. The van der Waals surface area contributed by atoms with Gasteiger partial charge in [-0.05, 0) is 35.9 Å². The summed E-state index contributed by atoms with van der Waals surface area (Å²) in [5.41, 5.74) is 1.86. The largest absolute Gasteiger partial charge is 0.495 e. The van der Waals surface area contributed by atoms with E-state index in [1.54, 1.807) is 24.3 Å². The van der Waals surface area contributed by atoms with E-state index in [9.17, 15) is 18.0 Å². The Balaban J connectivity index is 1.84. The lowest BCUT2D eigenvalue weighted by molar-refractivity contribution is -0.115. The number of rotatable bonds is 3. The highest BCUT2D eigenvalue weighted by Gasteiger charge is 2.35. The van der Waals surface area contributed by atoms with Crippen molar-refractivity contribution in [2.24, 2.45) is 0 Å². The molecule has 0 saturated heterocycles. The molecule has 0 radical (unpaired) electrons. The van der Waals surface area contributed by atoms with Gasteiger partial charge in [0.1, 0.15) is 11.4 Å². The monoisotopic (exact) mass is 372 g/mol. The maximum atomic E-state index is 13.3. The average Bonchev–Trinajstić information content (AvgIpc) is 3.00. The van der Waals surface area contributed by atoms with Crippen LogP contribution < -0.4 is 14.4 Å². The number of fused-ring (bicyclic) bond motifs is 2. The minimum atomic E-state index is -3.91. The van der Waals surface area contributed by atoms with Crippen LogP contribution in [-0.2, 0) is 21.2 Å². The summed E-state index contributed by atoms with van der Waals surface area (Å²) in [4.78, 5) is 23.8. The van der Waals surface area contributed by atoms with Crippen molar-refractivity contribution in [3.8, 4) is 5.75 Å². The zero-order valence-electron chi connectivity index (χ0n) is 14.0. The maximum Gasteiger partial charge on any atom is 0.264 e. The zero-order valence-corrected chi connectivity index (χ0v) is 14.8. The van der Waals surface area contributed by atoms with Gasteiger partial charge < -0.3 is 10.1 Å². The second-order valence-corrected chi connectivity index (χ2v) is 8.01. The first-order valence-corrected chi connectivity index (χ1v) is 9.51. The number of methoxy groups -OCH3 is 1. The molecule has 4 rings (SSSR count). The summed E-state index contributed by atoms with van der Waals surface area (Å²) >= 11 is 0. The molecule has 2 aromatic rings. The lowest BCUT2D eigenvalue weighted by atomic mass is 10.0. The van der Waals surface area contributed by atoms with E-state index in [-0.39, 0.29) is 41.7 Å². The number of sulfonamides is 1. The number of ether oxygens (including phenoxy) is 1. The molecular formula is C18H16N2O5S. The van der Waals surface area contributed by atoms with E-state index >= 15 is 0 Å². The molecule has 2 aromatic carbocycles. The van der Waals surface area contributed by atoms with Crippen LogP contribution in [0.4, 0.5) is 11.4 Å². The number of carbonyl (C=O) groups excluding carboxylic acids is 2. The Labute approximate surface area is 150 Å². The molecule has 2 aliphatic heterocycles. The van der Waals surface area contributed by atoms with Gasteiger partial charge in [0.05, 0.1) is 18.4 Å². The van der Waals surface area contributed by atoms with Gasteiger partial charge in [0.15, 0.2) is 5.78 Å². The topological polar surface area (TPSA) is 92.8 Å². The molecule has 1 amide bonds. The molecular weight excluding hydrogens is 356 g/mol. The average molecular weight is 372 g/mol.